The lowest BCUT2D eigenvalue weighted by atomic mass is 9.64. The second-order valence-corrected chi connectivity index (χ2v) is 9.45. The molecule has 1 aliphatic rings. The highest BCUT2D eigenvalue weighted by Gasteiger charge is 2.54. The first-order valence-corrected chi connectivity index (χ1v) is 12.7. The standard InChI is InChI=1S/C31H31NO8/c1-37-22-11-5-19(6-12-22)7-15-25(33)30-26(34)18-24(20-8-13-23(38-2)14-9-20)31(32(35)36)29(30)21-10-16-27(39-3)28(17-21)40-4/h5-17,24,29-31H,18H2,1-4H3. The van der Waals surface area contributed by atoms with Crippen LogP contribution in [0.3, 0.4) is 0 Å². The summed E-state index contributed by atoms with van der Waals surface area (Å²) in [5.74, 6) is -1.87. The minimum Gasteiger partial charge on any atom is -0.497 e. The first kappa shape index (κ1) is 28.4. The average molecular weight is 546 g/mol. The molecule has 0 aliphatic heterocycles. The van der Waals surface area contributed by atoms with E-state index >= 15 is 0 Å². The number of carbonyl (C=O) groups excluding carboxylic acids is 2. The van der Waals surface area contributed by atoms with Gasteiger partial charge in [0.25, 0.3) is 0 Å². The van der Waals surface area contributed by atoms with Gasteiger partial charge in [-0.3, -0.25) is 19.7 Å². The minimum absolute atomic E-state index is 0.144. The number of methoxy groups -OCH3 is 4. The molecule has 9 nitrogen and oxygen atoms in total. The van der Waals surface area contributed by atoms with Crippen molar-refractivity contribution < 1.29 is 33.5 Å². The van der Waals surface area contributed by atoms with Crippen LogP contribution in [0.5, 0.6) is 23.0 Å². The molecule has 0 heterocycles. The Balaban J connectivity index is 1.80. The van der Waals surface area contributed by atoms with Crippen molar-refractivity contribution in [1.82, 2.24) is 0 Å². The number of hydrogen-bond acceptors (Lipinski definition) is 8. The largest absolute Gasteiger partial charge is 0.497 e. The molecule has 4 rings (SSSR count). The highest BCUT2D eigenvalue weighted by Crippen LogP contribution is 2.47. The molecule has 9 heteroatoms. The lowest BCUT2D eigenvalue weighted by molar-refractivity contribution is -0.533. The van der Waals surface area contributed by atoms with Gasteiger partial charge < -0.3 is 18.9 Å². The van der Waals surface area contributed by atoms with Gasteiger partial charge >= 0.3 is 0 Å². The predicted molar refractivity (Wildman–Crippen MR) is 149 cm³/mol. The van der Waals surface area contributed by atoms with E-state index in [1.54, 1.807) is 79.9 Å². The van der Waals surface area contributed by atoms with E-state index < -0.39 is 29.6 Å². The maximum Gasteiger partial charge on any atom is 0.228 e. The molecule has 1 fully saturated rings. The number of rotatable bonds is 10. The normalized spacial score (nSPS) is 20.6. The van der Waals surface area contributed by atoms with E-state index in [4.69, 9.17) is 18.9 Å². The van der Waals surface area contributed by atoms with E-state index in [9.17, 15) is 19.7 Å². The van der Waals surface area contributed by atoms with E-state index in [-0.39, 0.29) is 17.1 Å². The zero-order valence-corrected chi connectivity index (χ0v) is 22.7. The molecule has 0 spiro atoms. The minimum atomic E-state index is -1.26. The number of ketones is 2. The van der Waals surface area contributed by atoms with E-state index in [1.165, 1.54) is 27.4 Å². The topological polar surface area (TPSA) is 114 Å². The Morgan fingerprint density at radius 1 is 0.825 bits per heavy atom. The fourth-order valence-electron chi connectivity index (χ4n) is 5.34. The van der Waals surface area contributed by atoms with Crippen LogP contribution in [0.4, 0.5) is 0 Å². The lowest BCUT2D eigenvalue weighted by Gasteiger charge is -2.37. The molecule has 0 bridgehead atoms. The smallest absolute Gasteiger partial charge is 0.228 e. The van der Waals surface area contributed by atoms with Crippen molar-refractivity contribution in [2.24, 2.45) is 5.92 Å². The van der Waals surface area contributed by atoms with Crippen LogP contribution in [0.25, 0.3) is 6.08 Å². The van der Waals surface area contributed by atoms with Crippen molar-refractivity contribution in [2.75, 3.05) is 28.4 Å². The van der Waals surface area contributed by atoms with E-state index in [0.29, 0.717) is 34.1 Å². The quantitative estimate of drug-likeness (QED) is 0.150. The number of carbonyl (C=O) groups is 2. The fraction of sp³-hybridized carbons (Fsp3) is 0.290. The number of ether oxygens (including phenoxy) is 4. The van der Waals surface area contributed by atoms with Gasteiger partial charge in [-0.1, -0.05) is 36.4 Å². The Morgan fingerprint density at radius 3 is 1.95 bits per heavy atom. The van der Waals surface area contributed by atoms with Crippen molar-refractivity contribution >= 4 is 17.6 Å². The van der Waals surface area contributed by atoms with Crippen LogP contribution in [0.2, 0.25) is 0 Å². The summed E-state index contributed by atoms with van der Waals surface area (Å²) in [5.41, 5.74) is 1.80. The molecule has 4 unspecified atom stereocenters. The van der Waals surface area contributed by atoms with E-state index in [1.807, 2.05) is 0 Å². The lowest BCUT2D eigenvalue weighted by Crippen LogP contribution is -2.48. The second kappa shape index (κ2) is 12.5. The molecule has 40 heavy (non-hydrogen) atoms. The molecule has 0 saturated heterocycles. The predicted octanol–water partition coefficient (Wildman–Crippen LogP) is 5.11. The molecule has 0 radical (unpaired) electrons. The molecule has 1 saturated carbocycles. The van der Waals surface area contributed by atoms with E-state index in [2.05, 4.69) is 0 Å². The van der Waals surface area contributed by atoms with Gasteiger partial charge in [0.2, 0.25) is 6.04 Å². The van der Waals surface area contributed by atoms with E-state index in [0.717, 1.165) is 5.56 Å². The molecule has 4 atom stereocenters. The van der Waals surface area contributed by atoms with Crippen molar-refractivity contribution in [3.8, 4) is 23.0 Å². The number of hydrogen-bond donors (Lipinski definition) is 0. The number of nitrogens with zero attached hydrogens (tertiary/aromatic N) is 1. The van der Waals surface area contributed by atoms with Crippen molar-refractivity contribution in [3.05, 3.63) is 99.6 Å². The number of nitro groups is 1. The zero-order chi connectivity index (χ0) is 28.8. The van der Waals surface area contributed by atoms with Crippen LogP contribution in [0.15, 0.2) is 72.8 Å². The Morgan fingerprint density at radius 2 is 1.40 bits per heavy atom. The summed E-state index contributed by atoms with van der Waals surface area (Å²) in [4.78, 5) is 39.7. The highest BCUT2D eigenvalue weighted by molar-refractivity contribution is 6.10. The van der Waals surface area contributed by atoms with Crippen molar-refractivity contribution in [3.63, 3.8) is 0 Å². The molecule has 3 aromatic rings. The summed E-state index contributed by atoms with van der Waals surface area (Å²) in [6.07, 6.45) is 2.77. The molecule has 1 aliphatic carbocycles. The van der Waals surface area contributed by atoms with Gasteiger partial charge in [0.05, 0.1) is 46.2 Å². The average Bonchev–Trinajstić information content (AvgIpc) is 2.99. The van der Waals surface area contributed by atoms with Gasteiger partial charge in [-0.25, -0.2) is 0 Å². The number of benzene rings is 3. The van der Waals surface area contributed by atoms with Crippen molar-refractivity contribution in [2.45, 2.75) is 24.3 Å². The molecule has 208 valence electrons. The Bertz CT molecular complexity index is 1400. The molecule has 0 amide bonds. The monoisotopic (exact) mass is 545 g/mol. The Kier molecular flexibility index (Phi) is 8.83. The van der Waals surface area contributed by atoms with Crippen LogP contribution in [-0.4, -0.2) is 51.0 Å². The Hall–Kier alpha value is -4.66. The van der Waals surface area contributed by atoms with Crippen LogP contribution in [-0.2, 0) is 9.59 Å². The Labute approximate surface area is 232 Å². The van der Waals surface area contributed by atoms with Gasteiger partial charge in [-0.05, 0) is 59.2 Å². The van der Waals surface area contributed by atoms with Gasteiger partial charge in [0.15, 0.2) is 17.3 Å². The van der Waals surface area contributed by atoms with Gasteiger partial charge in [-0.2, -0.15) is 0 Å². The molecular weight excluding hydrogens is 514 g/mol. The van der Waals surface area contributed by atoms with Gasteiger partial charge in [-0.15, -0.1) is 0 Å². The fourth-order valence-corrected chi connectivity index (χ4v) is 5.34. The summed E-state index contributed by atoms with van der Waals surface area (Å²) in [6, 6.07) is 17.6. The summed E-state index contributed by atoms with van der Waals surface area (Å²) in [5, 5.41) is 12.7. The third-order valence-corrected chi connectivity index (χ3v) is 7.35. The summed E-state index contributed by atoms with van der Waals surface area (Å²) < 4.78 is 21.2. The van der Waals surface area contributed by atoms with Crippen LogP contribution in [0, 0.1) is 16.0 Å². The summed E-state index contributed by atoms with van der Waals surface area (Å²) in [6.45, 7) is 0. The summed E-state index contributed by atoms with van der Waals surface area (Å²) >= 11 is 0. The maximum absolute atomic E-state index is 13.7. The van der Waals surface area contributed by atoms with Crippen LogP contribution in [0.1, 0.15) is 34.9 Å². The molecular formula is C31H31NO8. The molecule has 3 aromatic carbocycles. The first-order valence-electron chi connectivity index (χ1n) is 12.7. The maximum atomic E-state index is 13.7. The van der Waals surface area contributed by atoms with Crippen molar-refractivity contribution in [1.29, 1.82) is 0 Å². The second-order valence-electron chi connectivity index (χ2n) is 9.45. The third-order valence-electron chi connectivity index (χ3n) is 7.35. The molecule has 0 N–H and O–H groups in total. The molecule has 0 aromatic heterocycles. The van der Waals surface area contributed by atoms with Crippen LogP contribution < -0.4 is 18.9 Å². The van der Waals surface area contributed by atoms with Crippen LogP contribution >= 0.6 is 0 Å². The highest BCUT2D eigenvalue weighted by atomic mass is 16.6. The first-order chi connectivity index (χ1) is 19.3. The van der Waals surface area contributed by atoms with Gasteiger partial charge in [0.1, 0.15) is 17.3 Å². The third kappa shape index (κ3) is 5.83. The van der Waals surface area contributed by atoms with Gasteiger partial charge in [0, 0.05) is 11.3 Å². The summed E-state index contributed by atoms with van der Waals surface area (Å²) in [7, 11) is 6.03. The number of Topliss-reactive ketones (excluding diaryl/α,β-unsaturated/α-hetero) is 1. The number of allylic oxidation sites excluding steroid dienone is 1. The SMILES string of the molecule is COc1ccc(C=CC(=O)C2C(=O)CC(c3ccc(OC)cc3)C([N+](=O)[O-])C2c2ccc(OC)c(OC)c2)cc1. The zero-order valence-electron chi connectivity index (χ0n) is 22.7.